The monoisotopic (exact) mass is 236 g/mol. The fraction of sp³-hybridized carbons (Fsp3) is 0.300. The van der Waals surface area contributed by atoms with E-state index in [0.29, 0.717) is 0 Å². The first kappa shape index (κ1) is 12.0. The number of hydrogen-bond acceptors (Lipinski definition) is 1. The van der Waals surface area contributed by atoms with Gasteiger partial charge in [0, 0.05) is 0 Å². The van der Waals surface area contributed by atoms with Gasteiger partial charge in [-0.3, -0.25) is 0 Å². The molecule has 1 rings (SSSR count). The number of rotatable bonds is 3. The van der Waals surface area contributed by atoms with Crippen molar-refractivity contribution >= 4 is 17.9 Å². The molecule has 0 saturated carbocycles. The van der Waals surface area contributed by atoms with Crippen molar-refractivity contribution in [3.8, 4) is 0 Å². The highest BCUT2D eigenvalue weighted by Crippen LogP contribution is 2.34. The van der Waals surface area contributed by atoms with Crippen LogP contribution in [-0.2, 0) is 4.79 Å². The molecule has 0 heterocycles. The number of aldehydes is 1. The molecule has 1 nitrogen and oxygen atoms in total. The molecular weight excluding hydrogens is 229 g/mol. The zero-order chi connectivity index (χ0) is 11.5. The normalized spacial score (nSPS) is 15.7. The standard InChI is InChI=1S/C10H8ClF3O/c11-9(10(12,13)14)8(6-15)7-4-2-1-3-5-7/h1-6,8-9H/t8-,9-/m0/s1. The molecule has 2 atom stereocenters. The second-order valence-corrected chi connectivity index (χ2v) is 3.49. The quantitative estimate of drug-likeness (QED) is 0.582. The number of carbonyl (C=O) groups is 1. The molecule has 5 heteroatoms. The van der Waals surface area contributed by atoms with E-state index in [4.69, 9.17) is 11.6 Å². The van der Waals surface area contributed by atoms with Crippen LogP contribution < -0.4 is 0 Å². The summed E-state index contributed by atoms with van der Waals surface area (Å²) in [6.07, 6.45) is -4.36. The molecule has 0 spiro atoms. The topological polar surface area (TPSA) is 17.1 Å². The Bertz CT molecular complexity index is 323. The first-order valence-corrected chi connectivity index (χ1v) is 4.61. The second-order valence-electron chi connectivity index (χ2n) is 3.02. The third-order valence-corrected chi connectivity index (χ3v) is 2.48. The number of hydrogen-bond donors (Lipinski definition) is 0. The number of halogens is 4. The predicted octanol–water partition coefficient (Wildman–Crippen LogP) is 3.14. The van der Waals surface area contributed by atoms with Crippen LogP contribution in [0.3, 0.4) is 0 Å². The highest BCUT2D eigenvalue weighted by atomic mass is 35.5. The predicted molar refractivity (Wildman–Crippen MR) is 50.9 cm³/mol. The first-order chi connectivity index (χ1) is 6.96. The molecular formula is C10H8ClF3O. The summed E-state index contributed by atoms with van der Waals surface area (Å²) in [5.74, 6) is -1.35. The van der Waals surface area contributed by atoms with Gasteiger partial charge in [0.05, 0.1) is 5.92 Å². The third kappa shape index (κ3) is 2.96. The Labute approximate surface area is 89.9 Å². The molecule has 82 valence electrons. The van der Waals surface area contributed by atoms with Crippen LogP contribution in [0, 0.1) is 0 Å². The average Bonchev–Trinajstić information content (AvgIpc) is 2.19. The van der Waals surface area contributed by atoms with E-state index >= 15 is 0 Å². The fourth-order valence-electron chi connectivity index (χ4n) is 1.20. The van der Waals surface area contributed by atoms with Gasteiger partial charge >= 0.3 is 6.18 Å². The van der Waals surface area contributed by atoms with Crippen molar-refractivity contribution in [2.75, 3.05) is 0 Å². The number of benzene rings is 1. The average molecular weight is 237 g/mol. The SMILES string of the molecule is O=C[C@@H](c1ccccc1)[C@H](Cl)C(F)(F)F. The minimum absolute atomic E-state index is 0.223. The lowest BCUT2D eigenvalue weighted by molar-refractivity contribution is -0.139. The van der Waals surface area contributed by atoms with Crippen LogP contribution in [0.2, 0.25) is 0 Å². The van der Waals surface area contributed by atoms with Gasteiger partial charge in [0.25, 0.3) is 0 Å². The number of carbonyl (C=O) groups excluding carboxylic acids is 1. The van der Waals surface area contributed by atoms with Crippen LogP contribution in [-0.4, -0.2) is 17.8 Å². The first-order valence-electron chi connectivity index (χ1n) is 4.18. The van der Waals surface area contributed by atoms with Crippen LogP contribution in [0.15, 0.2) is 30.3 Å². The summed E-state index contributed by atoms with van der Waals surface area (Å²) in [5, 5.41) is -2.18. The van der Waals surface area contributed by atoms with Crippen LogP contribution >= 0.6 is 11.6 Å². The molecule has 0 amide bonds. The summed E-state index contributed by atoms with van der Waals surface area (Å²) in [5.41, 5.74) is 0.268. The Balaban J connectivity index is 2.95. The van der Waals surface area contributed by atoms with Crippen LogP contribution in [0.25, 0.3) is 0 Å². The van der Waals surface area contributed by atoms with Crippen molar-refractivity contribution in [2.24, 2.45) is 0 Å². The van der Waals surface area contributed by atoms with Crippen molar-refractivity contribution in [2.45, 2.75) is 17.5 Å². The Morgan fingerprint density at radius 3 is 2.13 bits per heavy atom. The maximum Gasteiger partial charge on any atom is 0.405 e. The second kappa shape index (κ2) is 4.66. The Kier molecular flexibility index (Phi) is 3.74. The van der Waals surface area contributed by atoms with Gasteiger partial charge in [-0.2, -0.15) is 13.2 Å². The van der Waals surface area contributed by atoms with E-state index < -0.39 is 17.5 Å². The zero-order valence-corrected chi connectivity index (χ0v) is 8.29. The molecule has 0 fully saturated rings. The van der Waals surface area contributed by atoms with Crippen molar-refractivity contribution in [1.29, 1.82) is 0 Å². The minimum atomic E-state index is -4.58. The molecule has 0 aliphatic rings. The van der Waals surface area contributed by atoms with E-state index in [-0.39, 0.29) is 11.8 Å². The highest BCUT2D eigenvalue weighted by Gasteiger charge is 2.43. The molecule has 0 N–H and O–H groups in total. The van der Waals surface area contributed by atoms with Crippen molar-refractivity contribution in [3.63, 3.8) is 0 Å². The Morgan fingerprint density at radius 1 is 1.20 bits per heavy atom. The molecule has 0 unspecified atom stereocenters. The lowest BCUT2D eigenvalue weighted by Gasteiger charge is -2.19. The van der Waals surface area contributed by atoms with Gasteiger partial charge in [0.15, 0.2) is 0 Å². The lowest BCUT2D eigenvalue weighted by Crippen LogP contribution is -2.30. The molecule has 0 saturated heterocycles. The smallest absolute Gasteiger partial charge is 0.303 e. The summed E-state index contributed by atoms with van der Waals surface area (Å²) in [6.45, 7) is 0. The van der Waals surface area contributed by atoms with Crippen molar-refractivity contribution in [1.82, 2.24) is 0 Å². The van der Waals surface area contributed by atoms with Crippen molar-refractivity contribution < 1.29 is 18.0 Å². The molecule has 0 bridgehead atoms. The third-order valence-electron chi connectivity index (χ3n) is 1.96. The minimum Gasteiger partial charge on any atom is -0.303 e. The van der Waals surface area contributed by atoms with Gasteiger partial charge in [-0.1, -0.05) is 30.3 Å². The summed E-state index contributed by atoms with van der Waals surface area (Å²) in [7, 11) is 0. The molecule has 0 aliphatic heterocycles. The summed E-state index contributed by atoms with van der Waals surface area (Å²) in [6, 6.07) is 7.67. The number of alkyl halides is 4. The molecule has 0 aliphatic carbocycles. The van der Waals surface area contributed by atoms with Crippen LogP contribution in [0.4, 0.5) is 13.2 Å². The van der Waals surface area contributed by atoms with Gasteiger partial charge in [-0.05, 0) is 5.56 Å². The molecule has 1 aromatic rings. The summed E-state index contributed by atoms with van der Waals surface area (Å²) in [4.78, 5) is 10.6. The molecule has 0 aromatic heterocycles. The van der Waals surface area contributed by atoms with Gasteiger partial charge < -0.3 is 4.79 Å². The maximum absolute atomic E-state index is 12.3. The summed E-state index contributed by atoms with van der Waals surface area (Å²) >= 11 is 5.20. The molecule has 1 aromatic carbocycles. The van der Waals surface area contributed by atoms with E-state index in [0.717, 1.165) is 0 Å². The van der Waals surface area contributed by atoms with E-state index in [1.165, 1.54) is 12.1 Å². The van der Waals surface area contributed by atoms with E-state index in [1.807, 2.05) is 0 Å². The van der Waals surface area contributed by atoms with Gasteiger partial charge in [-0.25, -0.2) is 0 Å². The maximum atomic E-state index is 12.3. The van der Waals surface area contributed by atoms with E-state index in [9.17, 15) is 18.0 Å². The van der Waals surface area contributed by atoms with Crippen LogP contribution in [0.5, 0.6) is 0 Å². The van der Waals surface area contributed by atoms with E-state index in [2.05, 4.69) is 0 Å². The van der Waals surface area contributed by atoms with Gasteiger partial charge in [0.2, 0.25) is 0 Å². The highest BCUT2D eigenvalue weighted by molar-refractivity contribution is 6.22. The fourth-order valence-corrected chi connectivity index (χ4v) is 1.40. The summed E-state index contributed by atoms with van der Waals surface area (Å²) < 4.78 is 36.8. The van der Waals surface area contributed by atoms with E-state index in [1.54, 1.807) is 18.2 Å². The largest absolute Gasteiger partial charge is 0.405 e. The Morgan fingerprint density at radius 2 is 1.73 bits per heavy atom. The van der Waals surface area contributed by atoms with Gasteiger partial charge in [0.1, 0.15) is 11.7 Å². The molecule has 0 radical (unpaired) electrons. The molecule has 15 heavy (non-hydrogen) atoms. The van der Waals surface area contributed by atoms with Gasteiger partial charge in [-0.15, -0.1) is 11.6 Å². The Hall–Kier alpha value is -1.03. The lowest BCUT2D eigenvalue weighted by atomic mass is 9.97. The van der Waals surface area contributed by atoms with Crippen molar-refractivity contribution in [3.05, 3.63) is 35.9 Å². The zero-order valence-electron chi connectivity index (χ0n) is 7.54. The van der Waals surface area contributed by atoms with Crippen LogP contribution in [0.1, 0.15) is 11.5 Å².